The summed E-state index contributed by atoms with van der Waals surface area (Å²) >= 11 is 0. The van der Waals surface area contributed by atoms with Crippen molar-refractivity contribution < 1.29 is 9.53 Å². The van der Waals surface area contributed by atoms with Crippen molar-refractivity contribution in [1.82, 2.24) is 4.90 Å². The van der Waals surface area contributed by atoms with Gasteiger partial charge in [-0.3, -0.25) is 9.69 Å². The molecule has 19 heavy (non-hydrogen) atoms. The van der Waals surface area contributed by atoms with Crippen LogP contribution >= 0.6 is 0 Å². The predicted molar refractivity (Wildman–Crippen MR) is 76.6 cm³/mol. The second-order valence-electron chi connectivity index (χ2n) is 5.98. The molecule has 0 N–H and O–H groups in total. The van der Waals surface area contributed by atoms with Crippen LogP contribution in [0.5, 0.6) is 0 Å². The molecule has 0 bridgehead atoms. The maximum absolute atomic E-state index is 12.5. The zero-order chi connectivity index (χ0) is 14.0. The average molecular weight is 261 g/mol. The van der Waals surface area contributed by atoms with Gasteiger partial charge in [-0.2, -0.15) is 0 Å². The zero-order valence-corrected chi connectivity index (χ0v) is 12.3. The molecule has 1 aliphatic heterocycles. The smallest absolute Gasteiger partial charge is 0.179 e. The molecule has 0 radical (unpaired) electrons. The number of carbonyl (C=O) groups excluding carboxylic acids is 1. The normalized spacial score (nSPS) is 21.1. The van der Waals surface area contributed by atoms with Crippen LogP contribution in [-0.4, -0.2) is 42.0 Å². The van der Waals surface area contributed by atoms with E-state index in [0.29, 0.717) is 6.61 Å². The Balaban J connectivity index is 2.08. The summed E-state index contributed by atoms with van der Waals surface area (Å²) in [6.07, 6.45) is 0. The van der Waals surface area contributed by atoms with Crippen LogP contribution in [0.1, 0.15) is 36.7 Å². The summed E-state index contributed by atoms with van der Waals surface area (Å²) in [5.41, 5.74) is 1.80. The van der Waals surface area contributed by atoms with Gasteiger partial charge in [-0.1, -0.05) is 29.8 Å². The third-order valence-electron chi connectivity index (χ3n) is 3.72. The van der Waals surface area contributed by atoms with Gasteiger partial charge in [-0.25, -0.2) is 0 Å². The maximum atomic E-state index is 12.5. The fourth-order valence-electron chi connectivity index (χ4n) is 2.51. The topological polar surface area (TPSA) is 29.5 Å². The number of rotatable bonds is 3. The van der Waals surface area contributed by atoms with Crippen molar-refractivity contribution >= 4 is 5.78 Å². The highest BCUT2D eigenvalue weighted by molar-refractivity contribution is 5.99. The summed E-state index contributed by atoms with van der Waals surface area (Å²) < 4.78 is 5.69. The quantitative estimate of drug-likeness (QED) is 0.783. The Hall–Kier alpha value is -1.19. The molecule has 0 spiro atoms. The number of ketones is 1. The minimum absolute atomic E-state index is 0.0918. The number of Topliss-reactive ketones (excluding diaryl/α,β-unsaturated/α-hetero) is 1. The number of nitrogens with zero attached hydrogens (tertiary/aromatic N) is 1. The first-order valence-electron chi connectivity index (χ1n) is 6.88. The van der Waals surface area contributed by atoms with Gasteiger partial charge in [0.1, 0.15) is 0 Å². The van der Waals surface area contributed by atoms with Gasteiger partial charge < -0.3 is 4.74 Å². The van der Waals surface area contributed by atoms with Crippen molar-refractivity contribution in [2.24, 2.45) is 0 Å². The maximum Gasteiger partial charge on any atom is 0.179 e. The van der Waals surface area contributed by atoms with E-state index in [1.807, 2.05) is 38.1 Å². The number of hydrogen-bond donors (Lipinski definition) is 0. The first-order valence-corrected chi connectivity index (χ1v) is 6.88. The fraction of sp³-hybridized carbons (Fsp3) is 0.562. The summed E-state index contributed by atoms with van der Waals surface area (Å²) in [5.74, 6) is 0.192. The molecule has 0 aromatic heterocycles. The van der Waals surface area contributed by atoms with Crippen LogP contribution in [0.4, 0.5) is 0 Å². The highest BCUT2D eigenvalue weighted by Gasteiger charge is 2.32. The number of hydrogen-bond acceptors (Lipinski definition) is 3. The van der Waals surface area contributed by atoms with Gasteiger partial charge in [0.2, 0.25) is 0 Å². The Labute approximate surface area is 115 Å². The number of carbonyl (C=O) groups is 1. The molecule has 1 fully saturated rings. The van der Waals surface area contributed by atoms with Crippen molar-refractivity contribution in [3.05, 3.63) is 35.4 Å². The van der Waals surface area contributed by atoms with Crippen LogP contribution in [0.15, 0.2) is 24.3 Å². The molecular formula is C16H23NO2. The zero-order valence-electron chi connectivity index (χ0n) is 12.3. The van der Waals surface area contributed by atoms with Crippen molar-refractivity contribution in [2.75, 3.05) is 19.7 Å². The van der Waals surface area contributed by atoms with Crippen molar-refractivity contribution in [3.63, 3.8) is 0 Å². The minimum atomic E-state index is -0.167. The molecule has 1 aliphatic rings. The van der Waals surface area contributed by atoms with E-state index < -0.39 is 0 Å². The van der Waals surface area contributed by atoms with Crippen LogP contribution in [-0.2, 0) is 4.74 Å². The van der Waals surface area contributed by atoms with Gasteiger partial charge in [0.25, 0.3) is 0 Å². The molecular weight excluding hydrogens is 238 g/mol. The Morgan fingerprint density at radius 1 is 1.32 bits per heavy atom. The van der Waals surface area contributed by atoms with Crippen LogP contribution in [0.25, 0.3) is 0 Å². The molecule has 1 heterocycles. The summed E-state index contributed by atoms with van der Waals surface area (Å²) in [5, 5.41) is 0. The Morgan fingerprint density at radius 3 is 2.53 bits per heavy atom. The second-order valence-corrected chi connectivity index (χ2v) is 5.98. The standard InChI is InChI=1S/C16H23NO2/c1-12-5-7-14(8-6-12)15(18)13(2)17-9-10-19-16(3,4)11-17/h5-8,13H,9-11H2,1-4H3. The van der Waals surface area contributed by atoms with Crippen LogP contribution in [0, 0.1) is 6.92 Å². The lowest BCUT2D eigenvalue weighted by molar-refractivity contribution is -0.0915. The molecule has 1 aromatic rings. The third-order valence-corrected chi connectivity index (χ3v) is 3.72. The molecule has 1 unspecified atom stereocenters. The largest absolute Gasteiger partial charge is 0.373 e. The number of benzene rings is 1. The summed E-state index contributed by atoms with van der Waals surface area (Å²) in [6.45, 7) is 10.5. The fourth-order valence-corrected chi connectivity index (χ4v) is 2.51. The minimum Gasteiger partial charge on any atom is -0.373 e. The van der Waals surface area contributed by atoms with E-state index in [0.717, 1.165) is 18.7 Å². The number of ether oxygens (including phenoxy) is 1. The van der Waals surface area contributed by atoms with E-state index in [2.05, 4.69) is 18.7 Å². The van der Waals surface area contributed by atoms with Crippen LogP contribution < -0.4 is 0 Å². The molecule has 1 saturated heterocycles. The van der Waals surface area contributed by atoms with E-state index >= 15 is 0 Å². The summed E-state index contributed by atoms with van der Waals surface area (Å²) in [6, 6.07) is 7.72. The van der Waals surface area contributed by atoms with Gasteiger partial charge in [0, 0.05) is 18.7 Å². The number of aryl methyl sites for hydroxylation is 1. The first kappa shape index (κ1) is 14.2. The molecule has 2 rings (SSSR count). The third kappa shape index (κ3) is 3.43. The first-order chi connectivity index (χ1) is 8.89. The Morgan fingerprint density at radius 2 is 1.95 bits per heavy atom. The molecule has 0 aliphatic carbocycles. The van der Waals surface area contributed by atoms with Gasteiger partial charge in [-0.15, -0.1) is 0 Å². The van der Waals surface area contributed by atoms with E-state index in [4.69, 9.17) is 4.74 Å². The molecule has 104 valence electrons. The lowest BCUT2D eigenvalue weighted by Gasteiger charge is -2.40. The molecule has 0 saturated carbocycles. The molecule has 0 amide bonds. The van der Waals surface area contributed by atoms with E-state index in [-0.39, 0.29) is 17.4 Å². The average Bonchev–Trinajstić information content (AvgIpc) is 2.37. The predicted octanol–water partition coefficient (Wildman–Crippen LogP) is 2.68. The van der Waals surface area contributed by atoms with Crippen molar-refractivity contribution in [3.8, 4) is 0 Å². The monoisotopic (exact) mass is 261 g/mol. The molecule has 3 nitrogen and oxygen atoms in total. The summed E-state index contributed by atoms with van der Waals surface area (Å²) in [4.78, 5) is 14.7. The highest BCUT2D eigenvalue weighted by Crippen LogP contribution is 2.20. The van der Waals surface area contributed by atoms with E-state index in [1.165, 1.54) is 5.56 Å². The molecule has 1 atom stereocenters. The van der Waals surface area contributed by atoms with Crippen LogP contribution in [0.2, 0.25) is 0 Å². The van der Waals surface area contributed by atoms with Crippen LogP contribution in [0.3, 0.4) is 0 Å². The van der Waals surface area contributed by atoms with Gasteiger partial charge in [0.05, 0.1) is 18.2 Å². The van der Waals surface area contributed by atoms with E-state index in [1.54, 1.807) is 0 Å². The van der Waals surface area contributed by atoms with Gasteiger partial charge in [0.15, 0.2) is 5.78 Å². The second kappa shape index (κ2) is 5.43. The number of morpholine rings is 1. The van der Waals surface area contributed by atoms with Crippen molar-refractivity contribution in [1.29, 1.82) is 0 Å². The van der Waals surface area contributed by atoms with E-state index in [9.17, 15) is 4.79 Å². The lowest BCUT2D eigenvalue weighted by Crippen LogP contribution is -2.53. The Kier molecular flexibility index (Phi) is 4.07. The van der Waals surface area contributed by atoms with Gasteiger partial charge in [-0.05, 0) is 27.7 Å². The van der Waals surface area contributed by atoms with Crippen molar-refractivity contribution in [2.45, 2.75) is 39.3 Å². The molecule has 3 heteroatoms. The lowest BCUT2D eigenvalue weighted by atomic mass is 10.00. The summed E-state index contributed by atoms with van der Waals surface area (Å²) in [7, 11) is 0. The Bertz CT molecular complexity index is 450. The SMILES string of the molecule is Cc1ccc(C(=O)C(C)N2CCOC(C)(C)C2)cc1. The molecule has 1 aromatic carbocycles. The highest BCUT2D eigenvalue weighted by atomic mass is 16.5. The van der Waals surface area contributed by atoms with Gasteiger partial charge >= 0.3 is 0 Å².